The first-order chi connectivity index (χ1) is 8.19. The summed E-state index contributed by atoms with van der Waals surface area (Å²) >= 11 is 0. The first-order valence-corrected chi connectivity index (χ1v) is 6.08. The maximum absolute atomic E-state index is 5.89. The van der Waals surface area contributed by atoms with Crippen LogP contribution in [-0.4, -0.2) is 35.6 Å². The number of rotatable bonds is 4. The summed E-state index contributed by atoms with van der Waals surface area (Å²) in [5, 5.41) is 3.22. The van der Waals surface area contributed by atoms with Crippen LogP contribution in [0.5, 0.6) is 0 Å². The van der Waals surface area contributed by atoms with Crippen molar-refractivity contribution in [2.75, 3.05) is 35.6 Å². The van der Waals surface area contributed by atoms with Gasteiger partial charge in [-0.15, -0.1) is 0 Å². The number of aromatic nitrogens is 2. The van der Waals surface area contributed by atoms with E-state index in [0.29, 0.717) is 5.95 Å². The van der Waals surface area contributed by atoms with Gasteiger partial charge in [0.25, 0.3) is 0 Å². The zero-order valence-electron chi connectivity index (χ0n) is 10.2. The van der Waals surface area contributed by atoms with E-state index >= 15 is 0 Å². The summed E-state index contributed by atoms with van der Waals surface area (Å²) in [7, 11) is 0. The van der Waals surface area contributed by atoms with Gasteiger partial charge in [0.2, 0.25) is 5.95 Å². The van der Waals surface area contributed by atoms with Crippen LogP contribution in [0.3, 0.4) is 0 Å². The molecule has 6 nitrogen and oxygen atoms in total. The van der Waals surface area contributed by atoms with Crippen LogP contribution in [0.15, 0.2) is 6.07 Å². The van der Waals surface area contributed by atoms with Crippen molar-refractivity contribution >= 4 is 17.6 Å². The van der Waals surface area contributed by atoms with Crippen molar-refractivity contribution in [1.29, 1.82) is 0 Å². The number of hydrogen-bond donors (Lipinski definition) is 3. The van der Waals surface area contributed by atoms with E-state index in [1.807, 2.05) is 6.07 Å². The lowest BCUT2D eigenvalue weighted by molar-refractivity contribution is 0.751. The van der Waals surface area contributed by atoms with Crippen molar-refractivity contribution < 1.29 is 0 Å². The molecule has 1 fully saturated rings. The number of nitrogens with two attached hydrogens (primary N) is 2. The molecule has 5 N–H and O–H groups in total. The maximum atomic E-state index is 5.89. The third-order valence-electron chi connectivity index (χ3n) is 2.83. The fourth-order valence-corrected chi connectivity index (χ4v) is 1.95. The number of anilines is 3. The van der Waals surface area contributed by atoms with E-state index in [1.54, 1.807) is 0 Å². The van der Waals surface area contributed by atoms with E-state index in [1.165, 1.54) is 0 Å². The molecular weight excluding hydrogens is 216 g/mol. The van der Waals surface area contributed by atoms with Gasteiger partial charge >= 0.3 is 0 Å². The molecule has 2 heterocycles. The van der Waals surface area contributed by atoms with Crippen LogP contribution in [0, 0.1) is 0 Å². The van der Waals surface area contributed by atoms with Crippen LogP contribution >= 0.6 is 0 Å². The second-order valence-corrected chi connectivity index (χ2v) is 4.39. The Bertz CT molecular complexity index is 380. The lowest BCUT2D eigenvalue weighted by Gasteiger charge is -2.18. The molecule has 0 bridgehead atoms. The Morgan fingerprint density at radius 2 is 2.35 bits per heavy atom. The van der Waals surface area contributed by atoms with E-state index < -0.39 is 0 Å². The Balaban J connectivity index is 2.13. The monoisotopic (exact) mass is 236 g/mol. The molecule has 0 radical (unpaired) electrons. The van der Waals surface area contributed by atoms with Crippen LogP contribution in [0.1, 0.15) is 19.8 Å². The minimum Gasteiger partial charge on any atom is -0.370 e. The van der Waals surface area contributed by atoms with E-state index in [0.717, 1.165) is 44.1 Å². The molecule has 0 amide bonds. The fraction of sp³-hybridized carbons (Fsp3) is 0.636. The summed E-state index contributed by atoms with van der Waals surface area (Å²) in [6, 6.07) is 2.17. The van der Waals surface area contributed by atoms with E-state index in [9.17, 15) is 0 Å². The average molecular weight is 236 g/mol. The number of nitrogens with zero attached hydrogens (tertiary/aromatic N) is 3. The quantitative estimate of drug-likeness (QED) is 0.701. The second-order valence-electron chi connectivity index (χ2n) is 4.39. The summed E-state index contributed by atoms with van der Waals surface area (Å²) < 4.78 is 0. The van der Waals surface area contributed by atoms with Crippen molar-refractivity contribution in [3.63, 3.8) is 0 Å². The summed E-state index contributed by atoms with van der Waals surface area (Å²) in [4.78, 5) is 10.6. The topological polar surface area (TPSA) is 93.1 Å². The summed E-state index contributed by atoms with van der Waals surface area (Å²) in [6.07, 6.45) is 2.05. The van der Waals surface area contributed by atoms with E-state index in [2.05, 4.69) is 27.1 Å². The molecule has 1 aromatic heterocycles. The van der Waals surface area contributed by atoms with Gasteiger partial charge in [-0.3, -0.25) is 0 Å². The van der Waals surface area contributed by atoms with Crippen LogP contribution in [0.4, 0.5) is 17.6 Å². The Hall–Kier alpha value is -1.56. The van der Waals surface area contributed by atoms with Crippen molar-refractivity contribution in [2.24, 2.45) is 5.73 Å². The van der Waals surface area contributed by atoms with Crippen LogP contribution in [-0.2, 0) is 0 Å². The van der Waals surface area contributed by atoms with Crippen molar-refractivity contribution in [1.82, 2.24) is 9.97 Å². The highest BCUT2D eigenvalue weighted by Gasteiger charge is 2.21. The highest BCUT2D eigenvalue weighted by Crippen LogP contribution is 2.20. The van der Waals surface area contributed by atoms with Gasteiger partial charge in [-0.25, -0.2) is 0 Å². The smallest absolute Gasteiger partial charge is 0.223 e. The molecule has 1 saturated heterocycles. The predicted molar refractivity (Wildman–Crippen MR) is 70.0 cm³/mol. The average Bonchev–Trinajstić information content (AvgIpc) is 2.72. The third kappa shape index (κ3) is 2.97. The number of nitrogens with one attached hydrogen (secondary N) is 1. The third-order valence-corrected chi connectivity index (χ3v) is 2.83. The predicted octanol–water partition coefficient (Wildman–Crippen LogP) is 0.418. The van der Waals surface area contributed by atoms with Gasteiger partial charge in [-0.1, -0.05) is 6.92 Å². The van der Waals surface area contributed by atoms with Crippen LogP contribution in [0.2, 0.25) is 0 Å². The molecule has 1 aliphatic rings. The lowest BCUT2D eigenvalue weighted by atomic mass is 10.3. The fourth-order valence-electron chi connectivity index (χ4n) is 1.95. The zero-order valence-corrected chi connectivity index (χ0v) is 10.2. The molecule has 1 aliphatic heterocycles. The largest absolute Gasteiger partial charge is 0.370 e. The second kappa shape index (κ2) is 5.18. The van der Waals surface area contributed by atoms with Gasteiger partial charge in [0.1, 0.15) is 11.6 Å². The van der Waals surface area contributed by atoms with Gasteiger partial charge in [0.15, 0.2) is 0 Å². The molecule has 0 aromatic carbocycles. The van der Waals surface area contributed by atoms with Crippen LogP contribution in [0.25, 0.3) is 0 Å². The van der Waals surface area contributed by atoms with Gasteiger partial charge < -0.3 is 21.7 Å². The minimum atomic E-state index is 0.234. The van der Waals surface area contributed by atoms with Crippen molar-refractivity contribution in [2.45, 2.75) is 25.8 Å². The first-order valence-electron chi connectivity index (χ1n) is 6.08. The summed E-state index contributed by atoms with van der Waals surface area (Å²) in [6.45, 7) is 4.77. The first kappa shape index (κ1) is 11.9. The minimum absolute atomic E-state index is 0.234. The number of nitrogen functional groups attached to an aromatic ring is 1. The molecule has 0 aliphatic carbocycles. The zero-order chi connectivity index (χ0) is 12.3. The molecule has 6 heteroatoms. The molecule has 0 saturated carbocycles. The molecule has 94 valence electrons. The summed E-state index contributed by atoms with van der Waals surface area (Å²) in [5.41, 5.74) is 11.6. The number of hydrogen-bond acceptors (Lipinski definition) is 6. The van der Waals surface area contributed by atoms with E-state index in [4.69, 9.17) is 11.5 Å². The van der Waals surface area contributed by atoms with E-state index in [-0.39, 0.29) is 6.04 Å². The molecular formula is C11H20N6. The Morgan fingerprint density at radius 3 is 3.00 bits per heavy atom. The molecule has 2 rings (SSSR count). The van der Waals surface area contributed by atoms with Crippen molar-refractivity contribution in [3.8, 4) is 0 Å². The molecule has 0 unspecified atom stereocenters. The normalized spacial score (nSPS) is 19.6. The van der Waals surface area contributed by atoms with Gasteiger partial charge in [-0.2, -0.15) is 9.97 Å². The highest BCUT2D eigenvalue weighted by molar-refractivity contribution is 5.53. The van der Waals surface area contributed by atoms with Gasteiger partial charge in [0, 0.05) is 31.7 Å². The van der Waals surface area contributed by atoms with Gasteiger partial charge in [-0.05, 0) is 12.8 Å². The lowest BCUT2D eigenvalue weighted by Crippen LogP contribution is -2.27. The Morgan fingerprint density at radius 1 is 1.53 bits per heavy atom. The molecule has 1 aromatic rings. The van der Waals surface area contributed by atoms with Crippen molar-refractivity contribution in [3.05, 3.63) is 6.07 Å². The maximum Gasteiger partial charge on any atom is 0.223 e. The molecule has 1 atom stereocenters. The Labute approximate surface area is 101 Å². The highest BCUT2D eigenvalue weighted by atomic mass is 15.2. The Kier molecular flexibility index (Phi) is 3.63. The molecule has 0 spiro atoms. The summed E-state index contributed by atoms with van der Waals surface area (Å²) in [5.74, 6) is 1.96. The van der Waals surface area contributed by atoms with Gasteiger partial charge in [0.05, 0.1) is 0 Å². The molecule has 17 heavy (non-hydrogen) atoms. The van der Waals surface area contributed by atoms with Crippen LogP contribution < -0.4 is 21.7 Å². The SMILES string of the molecule is CCCNc1cc(N2CC[C@@H](N)C2)nc(N)n1. The standard InChI is InChI=1S/C11H20N6/c1-2-4-14-9-6-10(16-11(13)15-9)17-5-3-8(12)7-17/h6,8H,2-5,7,12H2,1H3,(H3,13,14,15,16)/t8-/m1/s1.